The van der Waals surface area contributed by atoms with Gasteiger partial charge < -0.3 is 4.90 Å². The first kappa shape index (κ1) is 18.5. The molecule has 3 heterocycles. The molecular formula is C23H23ClN4. The summed E-state index contributed by atoms with van der Waals surface area (Å²) in [6.45, 7) is 7.38. The molecule has 0 radical (unpaired) electrons. The number of hydrogen-bond donors (Lipinski definition) is 0. The maximum Gasteiger partial charge on any atom is 0.215 e. The van der Waals surface area contributed by atoms with Gasteiger partial charge in [-0.25, -0.2) is 4.98 Å². The summed E-state index contributed by atoms with van der Waals surface area (Å²) in [4.78, 5) is 11.5. The lowest BCUT2D eigenvalue weighted by molar-refractivity contribution is 0.707. The topological polar surface area (TPSA) is 34.0 Å². The minimum atomic E-state index is 0.721. The van der Waals surface area contributed by atoms with Crippen LogP contribution in [0.25, 0.3) is 22.7 Å². The van der Waals surface area contributed by atoms with E-state index in [9.17, 15) is 0 Å². The molecule has 142 valence electrons. The maximum atomic E-state index is 6.04. The zero-order chi connectivity index (χ0) is 19.5. The molecule has 1 aliphatic heterocycles. The Kier molecular flexibility index (Phi) is 5.31. The summed E-state index contributed by atoms with van der Waals surface area (Å²) in [5.74, 6) is 0.896. The lowest BCUT2D eigenvalue weighted by Gasteiger charge is -2.31. The van der Waals surface area contributed by atoms with Gasteiger partial charge in [-0.1, -0.05) is 50.1 Å². The van der Waals surface area contributed by atoms with Gasteiger partial charge in [0.15, 0.2) is 0 Å². The first-order valence-corrected chi connectivity index (χ1v) is 9.99. The van der Waals surface area contributed by atoms with Crippen LogP contribution in [0.3, 0.4) is 0 Å². The summed E-state index contributed by atoms with van der Waals surface area (Å²) >= 11 is 6.04. The molecule has 5 heteroatoms. The summed E-state index contributed by atoms with van der Waals surface area (Å²) in [5.41, 5.74) is 5.01. The lowest BCUT2D eigenvalue weighted by atomic mass is 10.1. The van der Waals surface area contributed by atoms with Gasteiger partial charge in [-0.2, -0.15) is 0 Å². The molecule has 0 N–H and O–H groups in total. The molecule has 0 aliphatic carbocycles. The molecule has 0 atom stereocenters. The molecule has 4 nitrogen and oxygen atoms in total. The maximum absolute atomic E-state index is 6.04. The zero-order valence-corrected chi connectivity index (χ0v) is 16.7. The van der Waals surface area contributed by atoms with Crippen molar-refractivity contribution >= 4 is 28.9 Å². The highest BCUT2D eigenvalue weighted by atomic mass is 35.5. The minimum Gasteiger partial charge on any atom is -0.311 e. The van der Waals surface area contributed by atoms with E-state index in [4.69, 9.17) is 16.6 Å². The van der Waals surface area contributed by atoms with Crippen molar-refractivity contribution in [2.24, 2.45) is 0 Å². The molecular weight excluding hydrogens is 368 g/mol. The van der Waals surface area contributed by atoms with Crippen LogP contribution < -0.4 is 4.90 Å². The smallest absolute Gasteiger partial charge is 0.215 e. The summed E-state index contributed by atoms with van der Waals surface area (Å²) in [6.07, 6.45) is 11.3. The summed E-state index contributed by atoms with van der Waals surface area (Å²) in [5, 5.41) is 0.721. The van der Waals surface area contributed by atoms with E-state index in [1.54, 1.807) is 6.20 Å². The molecule has 0 fully saturated rings. The highest BCUT2D eigenvalue weighted by Gasteiger charge is 2.25. The second-order valence-corrected chi connectivity index (χ2v) is 7.36. The van der Waals surface area contributed by atoms with Crippen LogP contribution in [0, 0.1) is 0 Å². The Morgan fingerprint density at radius 3 is 2.61 bits per heavy atom. The van der Waals surface area contributed by atoms with Gasteiger partial charge in [0.1, 0.15) is 0 Å². The third-order valence-corrected chi connectivity index (χ3v) is 5.17. The van der Waals surface area contributed by atoms with Crippen molar-refractivity contribution in [1.82, 2.24) is 14.5 Å². The molecule has 0 saturated carbocycles. The van der Waals surface area contributed by atoms with Gasteiger partial charge in [0.05, 0.1) is 11.4 Å². The van der Waals surface area contributed by atoms with Gasteiger partial charge in [-0.05, 0) is 36.8 Å². The third kappa shape index (κ3) is 3.60. The number of hydrogen-bond acceptors (Lipinski definition) is 3. The molecule has 1 aliphatic rings. The second-order valence-electron chi connectivity index (χ2n) is 6.92. The van der Waals surface area contributed by atoms with Crippen LogP contribution in [-0.4, -0.2) is 21.1 Å². The van der Waals surface area contributed by atoms with Crippen LogP contribution in [-0.2, 0) is 0 Å². The van der Waals surface area contributed by atoms with Crippen molar-refractivity contribution in [3.63, 3.8) is 0 Å². The quantitative estimate of drug-likeness (QED) is 0.475. The predicted octanol–water partition coefficient (Wildman–Crippen LogP) is 6.12. The Bertz CT molecular complexity index is 1000. The number of anilines is 1. The van der Waals surface area contributed by atoms with Crippen molar-refractivity contribution < 1.29 is 0 Å². The fraction of sp³-hybridized carbons (Fsp3) is 0.217. The Balaban J connectivity index is 1.76. The standard InChI is InChI=1S/C23H23ClN4/c1-3-4-5-13-27-22(19-7-6-12-25-15-19)14-17(2)28-16-21(26-23(27)28)18-8-10-20(24)11-9-18/h6-12,14-16H,2-5,13H2,1H3. The van der Waals surface area contributed by atoms with Gasteiger partial charge in [0.25, 0.3) is 0 Å². The minimum absolute atomic E-state index is 0.721. The number of halogens is 1. The normalized spacial score (nSPS) is 13.4. The number of rotatable bonds is 6. The summed E-state index contributed by atoms with van der Waals surface area (Å²) in [6, 6.07) is 11.8. The van der Waals surface area contributed by atoms with Crippen molar-refractivity contribution in [3.05, 3.63) is 78.2 Å². The number of aromatic nitrogens is 3. The Hall–Kier alpha value is -2.85. The molecule has 0 saturated heterocycles. The average molecular weight is 391 g/mol. The van der Waals surface area contributed by atoms with Crippen LogP contribution in [0.15, 0.2) is 67.6 Å². The number of benzene rings is 1. The van der Waals surface area contributed by atoms with Crippen molar-refractivity contribution in [2.45, 2.75) is 26.2 Å². The van der Waals surface area contributed by atoms with Gasteiger partial charge in [0, 0.05) is 47.0 Å². The third-order valence-electron chi connectivity index (χ3n) is 4.91. The first-order chi connectivity index (χ1) is 13.7. The summed E-state index contributed by atoms with van der Waals surface area (Å²) in [7, 11) is 0. The number of allylic oxidation sites excluding steroid dienone is 2. The molecule has 0 unspecified atom stereocenters. The molecule has 0 bridgehead atoms. The molecule has 2 aromatic heterocycles. The number of nitrogens with zero attached hydrogens (tertiary/aromatic N) is 4. The molecule has 1 aromatic carbocycles. The Morgan fingerprint density at radius 1 is 1.07 bits per heavy atom. The van der Waals surface area contributed by atoms with E-state index in [-0.39, 0.29) is 0 Å². The molecule has 28 heavy (non-hydrogen) atoms. The number of unbranched alkanes of at least 4 members (excludes halogenated alkanes) is 2. The zero-order valence-electron chi connectivity index (χ0n) is 16.0. The van der Waals surface area contributed by atoms with Crippen molar-refractivity contribution in [3.8, 4) is 11.3 Å². The van der Waals surface area contributed by atoms with Gasteiger partial charge >= 0.3 is 0 Å². The molecule has 3 aromatic rings. The first-order valence-electron chi connectivity index (χ1n) is 9.61. The van der Waals surface area contributed by atoms with Crippen molar-refractivity contribution in [2.75, 3.05) is 11.4 Å². The van der Waals surface area contributed by atoms with Crippen LogP contribution >= 0.6 is 11.6 Å². The van der Waals surface area contributed by atoms with Crippen LogP contribution in [0.5, 0.6) is 0 Å². The van der Waals surface area contributed by atoms with Gasteiger partial charge in [-0.3, -0.25) is 9.55 Å². The van der Waals surface area contributed by atoms with E-state index >= 15 is 0 Å². The average Bonchev–Trinajstić information content (AvgIpc) is 3.17. The SMILES string of the molecule is C=C1C=C(c2cccnc2)N(CCCCC)c2nc(-c3ccc(Cl)cc3)cn21. The summed E-state index contributed by atoms with van der Waals surface area (Å²) < 4.78 is 2.07. The van der Waals surface area contributed by atoms with E-state index in [0.29, 0.717) is 0 Å². The van der Waals surface area contributed by atoms with Crippen molar-refractivity contribution in [1.29, 1.82) is 0 Å². The van der Waals surface area contributed by atoms with Crippen LogP contribution in [0.2, 0.25) is 5.02 Å². The van der Waals surface area contributed by atoms with E-state index in [0.717, 1.165) is 52.2 Å². The van der Waals surface area contributed by atoms with Gasteiger partial charge in [0.2, 0.25) is 5.95 Å². The molecule has 4 rings (SSSR count). The highest BCUT2D eigenvalue weighted by molar-refractivity contribution is 6.30. The lowest BCUT2D eigenvalue weighted by Crippen LogP contribution is -2.28. The van der Waals surface area contributed by atoms with E-state index in [1.807, 2.05) is 42.7 Å². The van der Waals surface area contributed by atoms with Gasteiger partial charge in [-0.15, -0.1) is 0 Å². The molecule has 0 spiro atoms. The Labute approximate surface area is 170 Å². The van der Waals surface area contributed by atoms with E-state index in [2.05, 4.69) is 40.1 Å². The molecule has 0 amide bonds. The monoisotopic (exact) mass is 390 g/mol. The van der Waals surface area contributed by atoms with E-state index in [1.165, 1.54) is 12.8 Å². The Morgan fingerprint density at radius 2 is 1.89 bits per heavy atom. The largest absolute Gasteiger partial charge is 0.311 e. The second kappa shape index (κ2) is 8.03. The van der Waals surface area contributed by atoms with E-state index < -0.39 is 0 Å². The van der Waals surface area contributed by atoms with Crippen LogP contribution in [0.1, 0.15) is 31.7 Å². The van der Waals surface area contributed by atoms with Crippen LogP contribution in [0.4, 0.5) is 5.95 Å². The number of pyridine rings is 1. The number of imidazole rings is 1. The number of fused-ring (bicyclic) bond motifs is 1. The predicted molar refractivity (Wildman–Crippen MR) is 117 cm³/mol. The fourth-order valence-electron chi connectivity index (χ4n) is 3.44. The highest BCUT2D eigenvalue weighted by Crippen LogP contribution is 2.36. The fourth-order valence-corrected chi connectivity index (χ4v) is 3.56.